The van der Waals surface area contributed by atoms with Crippen LogP contribution < -0.4 is 5.73 Å². The first kappa shape index (κ1) is 27.2. The van der Waals surface area contributed by atoms with Crippen molar-refractivity contribution in [3.63, 3.8) is 0 Å². The summed E-state index contributed by atoms with van der Waals surface area (Å²) in [7, 11) is 0. The molecule has 1 unspecified atom stereocenters. The lowest BCUT2D eigenvalue weighted by molar-refractivity contribution is -0.253. The monoisotopic (exact) mass is 512 g/mol. The van der Waals surface area contributed by atoms with Gasteiger partial charge in [0, 0.05) is 15.5 Å². The first-order chi connectivity index (χ1) is 16.6. The van der Waals surface area contributed by atoms with E-state index in [2.05, 4.69) is 17.9 Å². The van der Waals surface area contributed by atoms with Crippen LogP contribution in [0, 0.1) is 6.92 Å². The van der Waals surface area contributed by atoms with Gasteiger partial charge in [-0.2, -0.15) is 0 Å². The number of thioether (sulfide) groups is 1. The summed E-state index contributed by atoms with van der Waals surface area (Å²) in [6.07, 6.45) is 2.88. The number of hydrogen-bond donors (Lipinski definition) is 3. The summed E-state index contributed by atoms with van der Waals surface area (Å²) in [5.74, 6) is 0.372. The molecule has 4 N–H and O–H groups in total. The molecule has 3 rings (SSSR count). The van der Waals surface area contributed by atoms with Gasteiger partial charge in [0.25, 0.3) is 0 Å². The molecule has 0 bridgehead atoms. The lowest BCUT2D eigenvalue weighted by Crippen LogP contribution is -2.30. The van der Waals surface area contributed by atoms with E-state index in [0.717, 1.165) is 39.1 Å². The van der Waals surface area contributed by atoms with Crippen LogP contribution in [0.2, 0.25) is 5.02 Å². The van der Waals surface area contributed by atoms with Crippen molar-refractivity contribution in [2.24, 2.45) is 10.7 Å². The largest absolute Gasteiger partial charge is 0.388 e. The van der Waals surface area contributed by atoms with E-state index < -0.39 is 11.6 Å². The van der Waals surface area contributed by atoms with Gasteiger partial charge in [-0.3, -0.25) is 10.2 Å². The third-order valence-corrected chi connectivity index (χ3v) is 7.32. The van der Waals surface area contributed by atoms with Crippen LogP contribution in [0.25, 0.3) is 11.1 Å². The molecule has 5 nitrogen and oxygen atoms in total. The summed E-state index contributed by atoms with van der Waals surface area (Å²) in [6, 6.07) is 17.0. The summed E-state index contributed by atoms with van der Waals surface area (Å²) in [6.45, 7) is 7.69. The Labute approximate surface area is 216 Å². The fourth-order valence-electron chi connectivity index (χ4n) is 4.20. The highest BCUT2D eigenvalue weighted by atomic mass is 35.5. The molecule has 0 aliphatic heterocycles. The van der Waals surface area contributed by atoms with Gasteiger partial charge < -0.3 is 10.8 Å². The number of rotatable bonds is 9. The summed E-state index contributed by atoms with van der Waals surface area (Å²) < 4.78 is 0. The fraction of sp³-hybridized carbons (Fsp3) is 0.321. The lowest BCUT2D eigenvalue weighted by Gasteiger charge is -2.28. The van der Waals surface area contributed by atoms with Crippen molar-refractivity contribution in [1.82, 2.24) is 0 Å². The molecule has 0 spiro atoms. The molecule has 3 aromatic rings. The molecule has 0 aromatic heterocycles. The first-order valence-electron chi connectivity index (χ1n) is 11.5. The molecule has 0 heterocycles. The molecular formula is C28H33ClN2O3S. The van der Waals surface area contributed by atoms with E-state index in [9.17, 15) is 5.11 Å². The lowest BCUT2D eigenvalue weighted by atomic mass is 9.90. The van der Waals surface area contributed by atoms with Crippen LogP contribution in [-0.2, 0) is 17.9 Å². The van der Waals surface area contributed by atoms with Crippen molar-refractivity contribution < 1.29 is 15.3 Å². The topological polar surface area (TPSA) is 88.1 Å². The van der Waals surface area contributed by atoms with Crippen LogP contribution in [0.15, 0.2) is 64.5 Å². The molecule has 0 aliphatic carbocycles. The normalized spacial score (nSPS) is 13.2. The number of halogens is 1. The van der Waals surface area contributed by atoms with Crippen LogP contribution in [0.4, 0.5) is 0 Å². The summed E-state index contributed by atoms with van der Waals surface area (Å²) in [5, 5.41) is 20.3. The smallest absolute Gasteiger partial charge is 0.126 e. The Bertz CT molecular complexity index is 1220. The number of hydrogen-bond acceptors (Lipinski definition) is 5. The zero-order valence-corrected chi connectivity index (χ0v) is 22.4. The number of aliphatic imine (C=N–C) groups is 1. The van der Waals surface area contributed by atoms with Crippen molar-refractivity contribution >= 4 is 29.2 Å². The second-order valence-corrected chi connectivity index (χ2v) is 10.3. The number of nitrogens with two attached hydrogens (primary N) is 1. The van der Waals surface area contributed by atoms with Crippen molar-refractivity contribution in [3.8, 4) is 11.1 Å². The average molecular weight is 513 g/mol. The highest BCUT2D eigenvalue weighted by Gasteiger charge is 2.30. The maximum atomic E-state index is 11.0. The highest BCUT2D eigenvalue weighted by molar-refractivity contribution is 7.98. The van der Waals surface area contributed by atoms with Gasteiger partial charge in [-0.1, -0.05) is 61.0 Å². The molecule has 0 fully saturated rings. The van der Waals surface area contributed by atoms with E-state index in [1.54, 1.807) is 25.6 Å². The number of amidine groups is 1. The van der Waals surface area contributed by atoms with E-state index >= 15 is 0 Å². The number of benzene rings is 3. The Morgan fingerprint density at radius 3 is 2.40 bits per heavy atom. The Morgan fingerprint density at radius 2 is 1.80 bits per heavy atom. The van der Waals surface area contributed by atoms with E-state index in [0.29, 0.717) is 16.4 Å². The summed E-state index contributed by atoms with van der Waals surface area (Å²) >= 11 is 8.34. The Kier molecular flexibility index (Phi) is 9.02. The summed E-state index contributed by atoms with van der Waals surface area (Å²) in [5.41, 5.74) is 12.0. The van der Waals surface area contributed by atoms with Gasteiger partial charge in [0.2, 0.25) is 0 Å². The first-order valence-corrected chi connectivity index (χ1v) is 13.1. The van der Waals surface area contributed by atoms with Crippen LogP contribution in [0.1, 0.15) is 54.6 Å². The third kappa shape index (κ3) is 6.26. The predicted octanol–water partition coefficient (Wildman–Crippen LogP) is 6.81. The number of aliphatic hydroxyl groups is 1. The van der Waals surface area contributed by atoms with Gasteiger partial charge in [-0.15, -0.1) is 11.8 Å². The van der Waals surface area contributed by atoms with Crippen LogP contribution in [0.5, 0.6) is 0 Å². The molecular weight excluding hydrogens is 480 g/mol. The zero-order chi connectivity index (χ0) is 25.8. The van der Waals surface area contributed by atoms with Gasteiger partial charge in [-0.25, -0.2) is 4.89 Å². The molecule has 0 radical (unpaired) electrons. The molecule has 3 aromatic carbocycles. The van der Waals surface area contributed by atoms with Gasteiger partial charge in [0.1, 0.15) is 18.5 Å². The van der Waals surface area contributed by atoms with Gasteiger partial charge in [0.05, 0.1) is 5.60 Å². The minimum Gasteiger partial charge on any atom is -0.388 e. The van der Waals surface area contributed by atoms with Crippen molar-refractivity contribution in [2.75, 3.05) is 6.26 Å². The maximum absolute atomic E-state index is 11.0. The van der Waals surface area contributed by atoms with Gasteiger partial charge in [-0.05, 0) is 79.0 Å². The molecule has 0 aliphatic rings. The molecule has 0 saturated carbocycles. The quantitative estimate of drug-likeness (QED) is 0.0963. The number of nitrogens with zero attached hydrogens (tertiary/aromatic N) is 1. The maximum Gasteiger partial charge on any atom is 0.126 e. The third-order valence-electron chi connectivity index (χ3n) is 6.18. The molecule has 1 atom stereocenters. The van der Waals surface area contributed by atoms with Crippen molar-refractivity contribution in [1.29, 1.82) is 0 Å². The van der Waals surface area contributed by atoms with Crippen LogP contribution >= 0.6 is 23.4 Å². The van der Waals surface area contributed by atoms with Gasteiger partial charge in [0.15, 0.2) is 0 Å². The minimum atomic E-state index is -1.19. The Hall–Kier alpha value is -2.35. The highest BCUT2D eigenvalue weighted by Crippen LogP contribution is 2.37. The second-order valence-electron chi connectivity index (χ2n) is 9.05. The van der Waals surface area contributed by atoms with Gasteiger partial charge >= 0.3 is 0 Å². The van der Waals surface area contributed by atoms with E-state index in [-0.39, 0.29) is 6.61 Å². The molecule has 186 valence electrons. The molecule has 0 saturated heterocycles. The molecule has 0 amide bonds. The fourth-order valence-corrected chi connectivity index (χ4v) is 5.12. The Balaban J connectivity index is 2.03. The van der Waals surface area contributed by atoms with E-state index in [4.69, 9.17) is 27.6 Å². The van der Waals surface area contributed by atoms with E-state index in [1.165, 1.54) is 5.56 Å². The zero-order valence-electron chi connectivity index (χ0n) is 20.8. The molecule has 35 heavy (non-hydrogen) atoms. The molecule has 7 heteroatoms. The standard InChI is InChI=1S/C28H33ClN2O3S/c1-6-18-8-7-9-22(17(18)2)27(30)31-26(28(3,4)32)23-13-12-19(14-24(23)29)20-10-11-21(16-34-33)25(15-20)35-5/h7-15,26,32-33H,6,16H2,1-5H3,(H2,30,31). The summed E-state index contributed by atoms with van der Waals surface area (Å²) in [4.78, 5) is 10.1. The predicted molar refractivity (Wildman–Crippen MR) is 146 cm³/mol. The van der Waals surface area contributed by atoms with Crippen LogP contribution in [0.3, 0.4) is 0 Å². The van der Waals surface area contributed by atoms with Crippen molar-refractivity contribution in [2.45, 2.75) is 57.3 Å². The second kappa shape index (κ2) is 11.6. The SMILES string of the molecule is CCc1cccc(C(N)=NC(c2ccc(-c3ccc(COO)c(SC)c3)cc2Cl)C(C)(C)O)c1C. The average Bonchev–Trinajstić information content (AvgIpc) is 2.82. The minimum absolute atomic E-state index is 0.128. The van der Waals surface area contributed by atoms with E-state index in [1.807, 2.05) is 61.7 Å². The van der Waals surface area contributed by atoms with Crippen molar-refractivity contribution in [3.05, 3.63) is 87.4 Å². The number of aryl methyl sites for hydroxylation is 1. The Morgan fingerprint density at radius 1 is 1.11 bits per heavy atom. The van der Waals surface area contributed by atoms with Crippen LogP contribution in [-0.4, -0.2) is 28.1 Å².